The Hall–Kier alpha value is -1.62. The van der Waals surface area contributed by atoms with Crippen LogP contribution in [-0.2, 0) is 14.5 Å². The van der Waals surface area contributed by atoms with E-state index in [1.54, 1.807) is 13.1 Å². The number of aryl methyl sites for hydroxylation is 2. The van der Waals surface area contributed by atoms with Gasteiger partial charge in [0.1, 0.15) is 4.88 Å². The van der Waals surface area contributed by atoms with Crippen LogP contribution in [0.25, 0.3) is 0 Å². The van der Waals surface area contributed by atoms with E-state index >= 15 is 0 Å². The number of anilines is 1. The lowest BCUT2D eigenvalue weighted by molar-refractivity contribution is 0.0703. The molecule has 1 aromatic carbocycles. The van der Waals surface area contributed by atoms with Gasteiger partial charge in [-0.3, -0.25) is 9.24 Å². The minimum absolute atomic E-state index is 0.166. The molecule has 1 unspecified atom stereocenters. The van der Waals surface area contributed by atoms with Gasteiger partial charge in [0.05, 0.1) is 11.0 Å². The largest absolute Gasteiger partial charge is 0.477 e. The second-order valence-electron chi connectivity index (χ2n) is 7.40. The average molecular weight is 395 g/mol. The zero-order chi connectivity index (χ0) is 19.9. The summed E-state index contributed by atoms with van der Waals surface area (Å²) in [7, 11) is -0.426. The van der Waals surface area contributed by atoms with Crippen LogP contribution in [0.15, 0.2) is 24.3 Å². The number of nitrogens with zero attached hydrogens (tertiary/aromatic N) is 1. The molecule has 0 amide bonds. The summed E-state index contributed by atoms with van der Waals surface area (Å²) in [4.78, 5) is 12.9. The number of carboxylic acids is 1. The van der Waals surface area contributed by atoms with Crippen LogP contribution < -0.4 is 9.97 Å². The van der Waals surface area contributed by atoms with E-state index in [-0.39, 0.29) is 10.3 Å². The van der Waals surface area contributed by atoms with E-state index in [4.69, 9.17) is 4.52 Å². The van der Waals surface area contributed by atoms with Crippen LogP contribution in [0.4, 0.5) is 5.69 Å². The van der Waals surface area contributed by atoms with Crippen molar-refractivity contribution in [2.24, 2.45) is 0 Å². The minimum Gasteiger partial charge on any atom is -0.477 e. The molecule has 26 heavy (non-hydrogen) atoms. The first kappa shape index (κ1) is 20.7. The fraction of sp³-hybridized carbons (Fsp3) is 0.421. The molecule has 0 aliphatic carbocycles. The Morgan fingerprint density at radius 1 is 1.23 bits per heavy atom. The van der Waals surface area contributed by atoms with Crippen LogP contribution in [0.5, 0.6) is 0 Å². The molecule has 1 atom stereocenters. The standard InChI is InChI=1S/C19H26NO4PS/c1-12-8-9-15(13(2)10-12)25(23,24-7)20(6)14-11-16(19(3,4)5)26-17(14)18(21)22/h8-11H,1-7H3,(H,21,22). The minimum atomic E-state index is -3.45. The van der Waals surface area contributed by atoms with Crippen molar-refractivity contribution in [3.63, 3.8) is 0 Å². The summed E-state index contributed by atoms with van der Waals surface area (Å²) in [5, 5.41) is 10.2. The molecule has 0 aliphatic heterocycles. The van der Waals surface area contributed by atoms with Crippen LogP contribution >= 0.6 is 18.9 Å². The van der Waals surface area contributed by atoms with Gasteiger partial charge in [0.25, 0.3) is 0 Å². The maximum atomic E-state index is 13.8. The Morgan fingerprint density at radius 3 is 2.31 bits per heavy atom. The third-order valence-corrected chi connectivity index (χ3v) is 8.44. The first-order valence-electron chi connectivity index (χ1n) is 8.27. The van der Waals surface area contributed by atoms with Gasteiger partial charge in [-0.25, -0.2) is 4.79 Å². The Morgan fingerprint density at radius 2 is 1.85 bits per heavy atom. The van der Waals surface area contributed by atoms with Crippen LogP contribution in [0.3, 0.4) is 0 Å². The number of hydrogen-bond acceptors (Lipinski definition) is 4. The highest BCUT2D eigenvalue weighted by Crippen LogP contribution is 2.53. The SMILES string of the molecule is COP(=O)(c1ccc(C)cc1C)N(C)c1cc(C(C)(C)C)sc1C(=O)O. The number of rotatable bonds is 5. The summed E-state index contributed by atoms with van der Waals surface area (Å²) in [6.07, 6.45) is 0. The summed E-state index contributed by atoms with van der Waals surface area (Å²) in [6.45, 7) is 9.92. The van der Waals surface area contributed by atoms with Crippen molar-refractivity contribution in [2.45, 2.75) is 40.0 Å². The van der Waals surface area contributed by atoms with E-state index in [0.29, 0.717) is 11.0 Å². The van der Waals surface area contributed by atoms with Gasteiger partial charge in [0.2, 0.25) is 0 Å². The molecule has 0 radical (unpaired) electrons. The van der Waals surface area contributed by atoms with Gasteiger partial charge in [-0.15, -0.1) is 11.3 Å². The molecule has 5 nitrogen and oxygen atoms in total. The maximum Gasteiger partial charge on any atom is 0.348 e. The lowest BCUT2D eigenvalue weighted by Gasteiger charge is -2.29. The van der Waals surface area contributed by atoms with Gasteiger partial charge in [-0.2, -0.15) is 0 Å². The van der Waals surface area contributed by atoms with Crippen molar-refractivity contribution < 1.29 is 19.0 Å². The van der Waals surface area contributed by atoms with Crippen LogP contribution in [-0.4, -0.2) is 25.2 Å². The summed E-state index contributed by atoms with van der Waals surface area (Å²) in [5.41, 5.74) is 2.13. The molecule has 1 aromatic heterocycles. The molecule has 2 aromatic rings. The normalized spacial score (nSPS) is 14.1. The first-order chi connectivity index (χ1) is 11.9. The number of benzene rings is 1. The van der Waals surface area contributed by atoms with Gasteiger partial charge >= 0.3 is 13.5 Å². The number of carboxylic acid groups (broad SMARTS) is 1. The van der Waals surface area contributed by atoms with Gasteiger partial charge in [0.15, 0.2) is 0 Å². The van der Waals surface area contributed by atoms with E-state index in [9.17, 15) is 14.5 Å². The predicted octanol–water partition coefficient (Wildman–Crippen LogP) is 4.96. The molecule has 0 bridgehead atoms. The number of carbonyl (C=O) groups is 1. The van der Waals surface area contributed by atoms with Crippen molar-refractivity contribution in [1.82, 2.24) is 0 Å². The zero-order valence-corrected chi connectivity index (χ0v) is 18.0. The molecule has 2 rings (SSSR count). The summed E-state index contributed by atoms with van der Waals surface area (Å²) < 4.78 is 20.7. The van der Waals surface area contributed by atoms with Gasteiger partial charge in [0, 0.05) is 19.0 Å². The highest BCUT2D eigenvalue weighted by atomic mass is 32.1. The van der Waals surface area contributed by atoms with Crippen LogP contribution in [0.1, 0.15) is 46.4 Å². The van der Waals surface area contributed by atoms with E-state index < -0.39 is 13.5 Å². The number of hydrogen-bond donors (Lipinski definition) is 1. The molecule has 0 saturated carbocycles. The fourth-order valence-corrected chi connectivity index (χ4v) is 5.92. The Labute approximate surface area is 159 Å². The van der Waals surface area contributed by atoms with Crippen molar-refractivity contribution >= 4 is 35.8 Å². The molecular formula is C19H26NO4PS. The number of thiophene rings is 1. The third kappa shape index (κ3) is 3.73. The Balaban J connectivity index is 2.65. The zero-order valence-electron chi connectivity index (χ0n) is 16.3. The van der Waals surface area contributed by atoms with Crippen LogP contribution in [0.2, 0.25) is 0 Å². The van der Waals surface area contributed by atoms with Crippen molar-refractivity contribution in [3.8, 4) is 0 Å². The topological polar surface area (TPSA) is 66.8 Å². The highest BCUT2D eigenvalue weighted by Gasteiger charge is 2.36. The summed E-state index contributed by atoms with van der Waals surface area (Å²) >= 11 is 1.21. The van der Waals surface area contributed by atoms with Crippen molar-refractivity contribution in [3.05, 3.63) is 45.1 Å². The molecule has 0 fully saturated rings. The molecule has 0 saturated heterocycles. The van der Waals surface area contributed by atoms with E-state index in [2.05, 4.69) is 0 Å². The fourth-order valence-electron chi connectivity index (χ4n) is 2.79. The van der Waals surface area contributed by atoms with E-state index in [1.165, 1.54) is 23.1 Å². The Kier molecular flexibility index (Phi) is 5.71. The monoisotopic (exact) mass is 395 g/mol. The molecule has 142 valence electrons. The van der Waals surface area contributed by atoms with Crippen molar-refractivity contribution in [1.29, 1.82) is 0 Å². The molecule has 0 aliphatic rings. The molecule has 7 heteroatoms. The van der Waals surface area contributed by atoms with Gasteiger partial charge in [-0.05, 0) is 37.0 Å². The number of aromatic carboxylic acids is 1. The summed E-state index contributed by atoms with van der Waals surface area (Å²) in [5.74, 6) is -1.03. The first-order valence-corrected chi connectivity index (χ1v) is 10.7. The van der Waals surface area contributed by atoms with Crippen molar-refractivity contribution in [2.75, 3.05) is 18.8 Å². The lowest BCUT2D eigenvalue weighted by Crippen LogP contribution is -2.25. The van der Waals surface area contributed by atoms with Gasteiger partial charge in [-0.1, -0.05) is 38.5 Å². The maximum absolute atomic E-state index is 13.8. The average Bonchev–Trinajstić information content (AvgIpc) is 2.99. The lowest BCUT2D eigenvalue weighted by atomic mass is 9.94. The third-order valence-electron chi connectivity index (χ3n) is 4.29. The molecule has 0 spiro atoms. The summed E-state index contributed by atoms with van der Waals surface area (Å²) in [6, 6.07) is 7.43. The molecular weight excluding hydrogens is 369 g/mol. The van der Waals surface area contributed by atoms with Gasteiger partial charge < -0.3 is 9.63 Å². The van der Waals surface area contributed by atoms with Crippen LogP contribution in [0, 0.1) is 13.8 Å². The second-order valence-corrected chi connectivity index (χ2v) is 10.9. The molecule has 1 heterocycles. The van der Waals surface area contributed by atoms with E-state index in [1.807, 2.05) is 52.8 Å². The van der Waals surface area contributed by atoms with E-state index in [0.717, 1.165) is 16.0 Å². The predicted molar refractivity (Wildman–Crippen MR) is 109 cm³/mol. The smallest absolute Gasteiger partial charge is 0.348 e. The highest BCUT2D eigenvalue weighted by molar-refractivity contribution is 7.68. The molecule has 1 N–H and O–H groups in total. The Bertz CT molecular complexity index is 882. The second kappa shape index (κ2) is 7.18. The quantitative estimate of drug-likeness (QED) is 0.725.